The number of hydrogen-bond acceptors (Lipinski definition) is 1. The zero-order chi connectivity index (χ0) is 13.2. The second-order valence-electron chi connectivity index (χ2n) is 4.71. The van der Waals surface area contributed by atoms with Gasteiger partial charge in [0.1, 0.15) is 5.38 Å². The Morgan fingerprint density at radius 3 is 2.16 bits per heavy atom. The number of halogens is 1. The van der Waals surface area contributed by atoms with Gasteiger partial charge in [-0.15, -0.1) is 11.6 Å². The van der Waals surface area contributed by atoms with E-state index in [1.807, 2.05) is 65.6 Å². The number of amides is 1. The van der Waals surface area contributed by atoms with Crippen LogP contribution in [-0.2, 0) is 11.3 Å². The highest BCUT2D eigenvalue weighted by atomic mass is 35.5. The van der Waals surface area contributed by atoms with E-state index in [-0.39, 0.29) is 11.9 Å². The van der Waals surface area contributed by atoms with Crippen LogP contribution in [0.4, 0.5) is 0 Å². The largest absolute Gasteiger partial charge is 0.328 e. The normalized spacial score (nSPS) is 22.2. The van der Waals surface area contributed by atoms with E-state index in [1.54, 1.807) is 0 Å². The Kier molecular flexibility index (Phi) is 3.26. The number of hydrogen-bond donors (Lipinski definition) is 0. The maximum Gasteiger partial charge on any atom is 0.244 e. The first-order valence-electron chi connectivity index (χ1n) is 6.31. The highest BCUT2D eigenvalue weighted by Gasteiger charge is 2.46. The third kappa shape index (κ3) is 2.24. The average Bonchev–Trinajstić information content (AvgIpc) is 2.48. The maximum atomic E-state index is 11.9. The summed E-state index contributed by atoms with van der Waals surface area (Å²) in [6.07, 6.45) is 0. The van der Waals surface area contributed by atoms with E-state index in [9.17, 15) is 4.79 Å². The predicted molar refractivity (Wildman–Crippen MR) is 75.8 cm³/mol. The number of β-lactam (4-membered cyclic amide) rings is 1. The lowest BCUT2D eigenvalue weighted by Crippen LogP contribution is -2.55. The van der Waals surface area contributed by atoms with Gasteiger partial charge in [-0.1, -0.05) is 60.7 Å². The number of likely N-dealkylation sites (tertiary alicyclic amines) is 1. The molecule has 1 aliphatic rings. The minimum atomic E-state index is -0.439. The lowest BCUT2D eigenvalue weighted by molar-refractivity contribution is -0.146. The Bertz CT molecular complexity index is 570. The molecule has 0 spiro atoms. The first-order chi connectivity index (χ1) is 9.27. The van der Waals surface area contributed by atoms with Crippen LogP contribution < -0.4 is 0 Å². The summed E-state index contributed by atoms with van der Waals surface area (Å²) in [6.45, 7) is 0.614. The average molecular weight is 272 g/mol. The molecule has 2 aromatic rings. The standard InChI is InChI=1S/C16H14ClNO/c17-14-15(13-9-5-2-6-10-13)18(16(14)19)11-12-7-3-1-4-8-12/h1-10,14-15H,11H2/t14-,15-/m1/s1. The van der Waals surface area contributed by atoms with Gasteiger partial charge in [-0.3, -0.25) is 4.79 Å². The van der Waals surface area contributed by atoms with E-state index in [0.29, 0.717) is 6.54 Å². The second kappa shape index (κ2) is 5.06. The fourth-order valence-electron chi connectivity index (χ4n) is 2.46. The van der Waals surface area contributed by atoms with Crippen LogP contribution in [0.1, 0.15) is 17.2 Å². The fraction of sp³-hybridized carbons (Fsp3) is 0.188. The Balaban J connectivity index is 1.82. The predicted octanol–water partition coefficient (Wildman–Crippen LogP) is 3.38. The lowest BCUT2D eigenvalue weighted by atomic mass is 9.92. The summed E-state index contributed by atoms with van der Waals surface area (Å²) in [6, 6.07) is 19.9. The number of rotatable bonds is 3. The Morgan fingerprint density at radius 1 is 0.947 bits per heavy atom. The molecule has 3 heteroatoms. The van der Waals surface area contributed by atoms with Crippen molar-refractivity contribution < 1.29 is 4.79 Å². The van der Waals surface area contributed by atoms with E-state index in [1.165, 1.54) is 0 Å². The van der Waals surface area contributed by atoms with E-state index in [4.69, 9.17) is 11.6 Å². The van der Waals surface area contributed by atoms with Gasteiger partial charge in [0.25, 0.3) is 0 Å². The van der Waals surface area contributed by atoms with Crippen LogP contribution in [0, 0.1) is 0 Å². The van der Waals surface area contributed by atoms with Crippen LogP contribution in [0.25, 0.3) is 0 Å². The number of carbonyl (C=O) groups excluding carboxylic acids is 1. The van der Waals surface area contributed by atoms with Crippen LogP contribution >= 0.6 is 11.6 Å². The summed E-state index contributed by atoms with van der Waals surface area (Å²) < 4.78 is 0. The highest BCUT2D eigenvalue weighted by Crippen LogP contribution is 2.39. The molecule has 2 atom stereocenters. The Hall–Kier alpha value is -1.80. The Labute approximate surface area is 117 Å². The van der Waals surface area contributed by atoms with E-state index < -0.39 is 5.38 Å². The molecule has 0 radical (unpaired) electrons. The molecule has 19 heavy (non-hydrogen) atoms. The topological polar surface area (TPSA) is 20.3 Å². The molecule has 1 saturated heterocycles. The van der Waals surface area contributed by atoms with E-state index >= 15 is 0 Å². The minimum absolute atomic E-state index is 0.0133. The molecule has 96 valence electrons. The van der Waals surface area contributed by atoms with Gasteiger partial charge in [0.05, 0.1) is 6.04 Å². The van der Waals surface area contributed by atoms with Crippen molar-refractivity contribution in [2.75, 3.05) is 0 Å². The minimum Gasteiger partial charge on any atom is -0.328 e. The Morgan fingerprint density at radius 2 is 1.53 bits per heavy atom. The number of benzene rings is 2. The molecule has 1 aliphatic heterocycles. The molecular formula is C16H14ClNO. The van der Waals surface area contributed by atoms with Gasteiger partial charge >= 0.3 is 0 Å². The molecule has 0 N–H and O–H groups in total. The van der Waals surface area contributed by atoms with E-state index in [0.717, 1.165) is 11.1 Å². The van der Waals surface area contributed by atoms with Gasteiger partial charge in [-0.2, -0.15) is 0 Å². The molecule has 1 amide bonds. The third-order valence-electron chi connectivity index (χ3n) is 3.47. The van der Waals surface area contributed by atoms with Crippen LogP contribution in [0.2, 0.25) is 0 Å². The summed E-state index contributed by atoms with van der Waals surface area (Å²) in [5, 5.41) is -0.439. The van der Waals surface area contributed by atoms with Gasteiger partial charge in [-0.25, -0.2) is 0 Å². The molecule has 2 aromatic carbocycles. The van der Waals surface area contributed by atoms with Crippen molar-refractivity contribution in [3.63, 3.8) is 0 Å². The number of alkyl halides is 1. The van der Waals surface area contributed by atoms with Crippen LogP contribution in [0.5, 0.6) is 0 Å². The van der Waals surface area contributed by atoms with Crippen LogP contribution in [0.3, 0.4) is 0 Å². The van der Waals surface area contributed by atoms with Crippen molar-refractivity contribution in [1.29, 1.82) is 0 Å². The van der Waals surface area contributed by atoms with Crippen LogP contribution in [0.15, 0.2) is 60.7 Å². The second-order valence-corrected chi connectivity index (χ2v) is 5.18. The van der Waals surface area contributed by atoms with Crippen molar-refractivity contribution in [1.82, 2.24) is 4.90 Å². The van der Waals surface area contributed by atoms with Gasteiger partial charge < -0.3 is 4.90 Å². The zero-order valence-electron chi connectivity index (χ0n) is 10.4. The maximum absolute atomic E-state index is 11.9. The molecule has 2 nitrogen and oxygen atoms in total. The van der Waals surface area contributed by atoms with E-state index in [2.05, 4.69) is 0 Å². The molecule has 0 saturated carbocycles. The lowest BCUT2D eigenvalue weighted by Gasteiger charge is -2.44. The smallest absolute Gasteiger partial charge is 0.244 e. The van der Waals surface area contributed by atoms with Crippen molar-refractivity contribution in [3.8, 4) is 0 Å². The highest BCUT2D eigenvalue weighted by molar-refractivity contribution is 6.33. The molecule has 3 rings (SSSR count). The van der Waals surface area contributed by atoms with Gasteiger partial charge in [0.15, 0.2) is 0 Å². The molecule has 0 aromatic heterocycles. The summed E-state index contributed by atoms with van der Waals surface area (Å²) in [4.78, 5) is 13.8. The monoisotopic (exact) mass is 271 g/mol. The molecule has 1 heterocycles. The van der Waals surface area contributed by atoms with Gasteiger partial charge in [-0.05, 0) is 11.1 Å². The van der Waals surface area contributed by atoms with Gasteiger partial charge in [0, 0.05) is 6.54 Å². The number of carbonyl (C=O) groups is 1. The van der Waals surface area contributed by atoms with Crippen molar-refractivity contribution in [2.24, 2.45) is 0 Å². The number of nitrogens with zero attached hydrogens (tertiary/aromatic N) is 1. The van der Waals surface area contributed by atoms with Crippen molar-refractivity contribution in [2.45, 2.75) is 18.0 Å². The fourth-order valence-corrected chi connectivity index (χ4v) is 2.87. The van der Waals surface area contributed by atoms with Crippen molar-refractivity contribution >= 4 is 17.5 Å². The quantitative estimate of drug-likeness (QED) is 0.619. The zero-order valence-corrected chi connectivity index (χ0v) is 11.1. The molecule has 0 unspecified atom stereocenters. The molecule has 0 bridgehead atoms. The first-order valence-corrected chi connectivity index (χ1v) is 6.74. The molecule has 0 aliphatic carbocycles. The third-order valence-corrected chi connectivity index (χ3v) is 3.89. The van der Waals surface area contributed by atoms with Crippen LogP contribution in [-0.4, -0.2) is 16.2 Å². The van der Waals surface area contributed by atoms with Gasteiger partial charge in [0.2, 0.25) is 5.91 Å². The SMILES string of the molecule is O=C1[C@H](Cl)[C@@H](c2ccccc2)N1Cc1ccccc1. The first kappa shape index (κ1) is 12.2. The summed E-state index contributed by atoms with van der Waals surface area (Å²) in [5.74, 6) is 0.0133. The molecule has 1 fully saturated rings. The van der Waals surface area contributed by atoms with Crippen molar-refractivity contribution in [3.05, 3.63) is 71.8 Å². The molecular weight excluding hydrogens is 258 g/mol. The summed E-state index contributed by atoms with van der Waals surface area (Å²) in [5.41, 5.74) is 2.22. The summed E-state index contributed by atoms with van der Waals surface area (Å²) in [7, 11) is 0. The summed E-state index contributed by atoms with van der Waals surface area (Å²) >= 11 is 6.17.